The van der Waals surface area contributed by atoms with E-state index in [1.54, 1.807) is 18.2 Å². The monoisotopic (exact) mass is 395 g/mol. The number of aryl methyl sites for hydroxylation is 1. The first-order chi connectivity index (χ1) is 13.9. The summed E-state index contributed by atoms with van der Waals surface area (Å²) in [5, 5.41) is 13.8. The van der Waals surface area contributed by atoms with Crippen LogP contribution >= 0.6 is 0 Å². The SMILES string of the molecule is O=C(CN1C(=O)N[C@@]2(CCc3ccccc32)C1=O)OCc1ccccc1[N+](=O)[O-]. The second-order valence-electron chi connectivity index (χ2n) is 6.93. The molecule has 2 aromatic carbocycles. The zero-order valence-corrected chi connectivity index (χ0v) is 15.3. The van der Waals surface area contributed by atoms with Gasteiger partial charge in [0, 0.05) is 6.07 Å². The van der Waals surface area contributed by atoms with E-state index in [1.165, 1.54) is 18.2 Å². The zero-order valence-electron chi connectivity index (χ0n) is 15.3. The molecule has 9 heteroatoms. The number of nitro groups is 1. The van der Waals surface area contributed by atoms with Crippen molar-refractivity contribution in [2.75, 3.05) is 6.54 Å². The maximum absolute atomic E-state index is 13.0. The van der Waals surface area contributed by atoms with Crippen molar-refractivity contribution >= 4 is 23.6 Å². The summed E-state index contributed by atoms with van der Waals surface area (Å²) in [5.41, 5.74) is 0.642. The van der Waals surface area contributed by atoms with Gasteiger partial charge in [-0.25, -0.2) is 4.79 Å². The Morgan fingerprint density at radius 2 is 1.90 bits per heavy atom. The Morgan fingerprint density at radius 1 is 1.17 bits per heavy atom. The van der Waals surface area contributed by atoms with Gasteiger partial charge >= 0.3 is 12.0 Å². The highest BCUT2D eigenvalue weighted by Gasteiger charge is 2.55. The zero-order chi connectivity index (χ0) is 20.6. The third-order valence-corrected chi connectivity index (χ3v) is 5.29. The Balaban J connectivity index is 1.45. The summed E-state index contributed by atoms with van der Waals surface area (Å²) in [6.45, 7) is -0.886. The second-order valence-corrected chi connectivity index (χ2v) is 6.93. The smallest absolute Gasteiger partial charge is 0.326 e. The number of benzene rings is 2. The van der Waals surface area contributed by atoms with E-state index in [0.29, 0.717) is 12.8 Å². The molecule has 0 unspecified atom stereocenters. The molecule has 148 valence electrons. The standard InChI is InChI=1S/C20H17N3O6/c24-17(29-12-14-6-2-4-8-16(14)23(27)28)11-22-18(25)20(21-19(22)26)10-9-13-5-1-3-7-15(13)20/h1-8H,9-12H2,(H,21,26)/t20-/m1/s1. The Labute approximate surface area is 165 Å². The van der Waals surface area contributed by atoms with Crippen LogP contribution in [0.25, 0.3) is 0 Å². The molecule has 29 heavy (non-hydrogen) atoms. The van der Waals surface area contributed by atoms with Crippen molar-refractivity contribution in [3.8, 4) is 0 Å². The summed E-state index contributed by atoms with van der Waals surface area (Å²) in [4.78, 5) is 48.9. The topological polar surface area (TPSA) is 119 Å². The van der Waals surface area contributed by atoms with Gasteiger partial charge in [-0.2, -0.15) is 0 Å². The van der Waals surface area contributed by atoms with Gasteiger partial charge in [0.15, 0.2) is 0 Å². The second kappa shape index (κ2) is 7.01. The van der Waals surface area contributed by atoms with Crippen molar-refractivity contribution in [1.29, 1.82) is 0 Å². The first kappa shape index (κ1) is 18.6. The third kappa shape index (κ3) is 3.10. The number of esters is 1. The van der Waals surface area contributed by atoms with E-state index in [1.807, 2.05) is 12.1 Å². The fourth-order valence-electron chi connectivity index (χ4n) is 3.88. The summed E-state index contributed by atoms with van der Waals surface area (Å²) in [6, 6.07) is 12.6. The number of hydrogen-bond donors (Lipinski definition) is 1. The van der Waals surface area contributed by atoms with Crippen molar-refractivity contribution in [2.24, 2.45) is 0 Å². The van der Waals surface area contributed by atoms with Crippen molar-refractivity contribution in [3.63, 3.8) is 0 Å². The van der Waals surface area contributed by atoms with E-state index in [0.717, 1.165) is 16.0 Å². The number of imide groups is 1. The molecular weight excluding hydrogens is 378 g/mol. The van der Waals surface area contributed by atoms with Crippen LogP contribution in [0, 0.1) is 10.1 Å². The molecule has 4 rings (SSSR count). The lowest BCUT2D eigenvalue weighted by atomic mass is 9.92. The Morgan fingerprint density at radius 3 is 2.69 bits per heavy atom. The maximum Gasteiger partial charge on any atom is 0.326 e. The van der Waals surface area contributed by atoms with Crippen LogP contribution < -0.4 is 5.32 Å². The number of para-hydroxylation sites is 1. The predicted octanol–water partition coefficient (Wildman–Crippen LogP) is 2.03. The lowest BCUT2D eigenvalue weighted by molar-refractivity contribution is -0.385. The van der Waals surface area contributed by atoms with Crippen LogP contribution in [-0.2, 0) is 32.9 Å². The normalized spacial score (nSPS) is 19.9. The molecule has 1 atom stereocenters. The van der Waals surface area contributed by atoms with Gasteiger partial charge in [-0.3, -0.25) is 24.6 Å². The van der Waals surface area contributed by atoms with Gasteiger partial charge in [-0.1, -0.05) is 36.4 Å². The number of nitrogens with zero attached hydrogens (tertiary/aromatic N) is 2. The first-order valence-corrected chi connectivity index (χ1v) is 9.03. The first-order valence-electron chi connectivity index (χ1n) is 9.03. The van der Waals surface area contributed by atoms with E-state index in [2.05, 4.69) is 5.32 Å². The largest absolute Gasteiger partial charge is 0.459 e. The highest BCUT2D eigenvalue weighted by molar-refractivity contribution is 6.09. The number of hydrogen-bond acceptors (Lipinski definition) is 6. The Bertz CT molecular complexity index is 1040. The van der Waals surface area contributed by atoms with Crippen LogP contribution in [0.4, 0.5) is 10.5 Å². The Kier molecular flexibility index (Phi) is 4.50. The number of nitrogens with one attached hydrogen (secondary N) is 1. The summed E-state index contributed by atoms with van der Waals surface area (Å²) >= 11 is 0. The molecule has 1 N–H and O–H groups in total. The lowest BCUT2D eigenvalue weighted by Gasteiger charge is -2.22. The van der Waals surface area contributed by atoms with Gasteiger partial charge in [0.1, 0.15) is 18.7 Å². The van der Waals surface area contributed by atoms with Crippen LogP contribution in [0.15, 0.2) is 48.5 Å². The van der Waals surface area contributed by atoms with E-state index >= 15 is 0 Å². The van der Waals surface area contributed by atoms with Crippen LogP contribution in [0.3, 0.4) is 0 Å². The molecular formula is C20H17N3O6. The molecule has 0 radical (unpaired) electrons. The number of amides is 3. The van der Waals surface area contributed by atoms with E-state index < -0.39 is 34.9 Å². The molecule has 2 aromatic rings. The molecule has 1 spiro atoms. The van der Waals surface area contributed by atoms with Crippen LogP contribution in [0.1, 0.15) is 23.1 Å². The molecule has 2 aliphatic rings. The number of nitro benzene ring substituents is 1. The van der Waals surface area contributed by atoms with Gasteiger partial charge in [0.25, 0.3) is 11.6 Å². The number of fused-ring (bicyclic) bond motifs is 2. The van der Waals surface area contributed by atoms with Gasteiger partial charge in [0.05, 0.1) is 10.5 Å². The van der Waals surface area contributed by atoms with Crippen molar-refractivity contribution < 1.29 is 24.0 Å². The molecule has 1 saturated heterocycles. The summed E-state index contributed by atoms with van der Waals surface area (Å²) < 4.78 is 5.08. The minimum absolute atomic E-state index is 0.170. The van der Waals surface area contributed by atoms with Crippen molar-refractivity contribution in [2.45, 2.75) is 25.0 Å². The van der Waals surface area contributed by atoms with Gasteiger partial charge in [-0.15, -0.1) is 0 Å². The Hall–Kier alpha value is -3.75. The van der Waals surface area contributed by atoms with Gasteiger partial charge in [-0.05, 0) is 30.0 Å². The summed E-state index contributed by atoms with van der Waals surface area (Å²) in [5.74, 6) is -1.31. The minimum atomic E-state index is -1.15. The minimum Gasteiger partial charge on any atom is -0.459 e. The number of rotatable bonds is 5. The molecule has 1 aliphatic carbocycles. The quantitative estimate of drug-likeness (QED) is 0.358. The average Bonchev–Trinajstić information content (AvgIpc) is 3.20. The fourth-order valence-corrected chi connectivity index (χ4v) is 3.88. The van der Waals surface area contributed by atoms with Crippen molar-refractivity contribution in [3.05, 3.63) is 75.3 Å². The molecule has 3 amide bonds. The van der Waals surface area contributed by atoms with Crippen molar-refractivity contribution in [1.82, 2.24) is 10.2 Å². The summed E-state index contributed by atoms with van der Waals surface area (Å²) in [6.07, 6.45) is 1.08. The third-order valence-electron chi connectivity index (χ3n) is 5.29. The number of ether oxygens (including phenoxy) is 1. The van der Waals surface area contributed by atoms with E-state index in [9.17, 15) is 24.5 Å². The van der Waals surface area contributed by atoms with Gasteiger partial charge in [0.2, 0.25) is 0 Å². The molecule has 0 saturated carbocycles. The maximum atomic E-state index is 13.0. The molecule has 0 bridgehead atoms. The molecule has 1 heterocycles. The molecule has 1 aliphatic heterocycles. The molecule has 1 fully saturated rings. The number of carbonyl (C=O) groups is 3. The predicted molar refractivity (Wildman–Crippen MR) is 99.6 cm³/mol. The fraction of sp³-hybridized carbons (Fsp3) is 0.250. The van der Waals surface area contributed by atoms with Crippen LogP contribution in [-0.4, -0.2) is 34.3 Å². The number of carbonyl (C=O) groups excluding carboxylic acids is 3. The summed E-state index contributed by atoms with van der Waals surface area (Å²) in [7, 11) is 0. The highest BCUT2D eigenvalue weighted by Crippen LogP contribution is 2.41. The van der Waals surface area contributed by atoms with E-state index in [4.69, 9.17) is 4.74 Å². The highest BCUT2D eigenvalue weighted by atomic mass is 16.6. The number of urea groups is 1. The lowest BCUT2D eigenvalue weighted by Crippen LogP contribution is -2.42. The van der Waals surface area contributed by atoms with Crippen LogP contribution in [0.2, 0.25) is 0 Å². The van der Waals surface area contributed by atoms with E-state index in [-0.39, 0.29) is 17.9 Å². The van der Waals surface area contributed by atoms with Gasteiger partial charge < -0.3 is 10.1 Å². The molecule has 0 aromatic heterocycles. The molecule has 9 nitrogen and oxygen atoms in total. The van der Waals surface area contributed by atoms with Crippen LogP contribution in [0.5, 0.6) is 0 Å². The average molecular weight is 395 g/mol.